The molecule has 0 saturated heterocycles. The monoisotopic (exact) mass is 359 g/mol. The van der Waals surface area contributed by atoms with Gasteiger partial charge in [-0.05, 0) is 58.3 Å². The first-order valence-electron chi connectivity index (χ1n) is 9.54. The van der Waals surface area contributed by atoms with Gasteiger partial charge < -0.3 is 20.5 Å². The van der Waals surface area contributed by atoms with Crippen LogP contribution < -0.4 is 10.6 Å². The maximum Gasteiger partial charge on any atom is 0.224 e. The molecular weight excluding hydrogens is 330 g/mol. The second kappa shape index (κ2) is 8.19. The van der Waals surface area contributed by atoms with Crippen LogP contribution in [0.4, 0.5) is 11.8 Å². The molecule has 3 N–H and O–H groups in total. The van der Waals surface area contributed by atoms with E-state index in [1.54, 1.807) is 13.3 Å². The lowest BCUT2D eigenvalue weighted by Crippen LogP contribution is -2.38. The zero-order valence-corrected chi connectivity index (χ0v) is 15.7. The van der Waals surface area contributed by atoms with Gasteiger partial charge in [0.25, 0.3) is 0 Å². The number of aliphatic hydroxyl groups is 1. The Balaban J connectivity index is 1.66. The van der Waals surface area contributed by atoms with E-state index < -0.39 is 5.60 Å². The number of nitriles is 1. The highest BCUT2D eigenvalue weighted by Crippen LogP contribution is 2.30. The van der Waals surface area contributed by atoms with E-state index in [1.165, 1.54) is 0 Å². The average Bonchev–Trinajstić information content (AvgIpc) is 2.62. The summed E-state index contributed by atoms with van der Waals surface area (Å²) in [7, 11) is 1.77. The fraction of sp³-hybridized carbons (Fsp3) is 0.737. The molecule has 0 unspecified atom stereocenters. The van der Waals surface area contributed by atoms with Gasteiger partial charge in [-0.15, -0.1) is 0 Å². The largest absolute Gasteiger partial charge is 0.390 e. The summed E-state index contributed by atoms with van der Waals surface area (Å²) in [5.74, 6) is 1.10. The summed E-state index contributed by atoms with van der Waals surface area (Å²) in [5, 5.41) is 26.4. The number of ether oxygens (including phenoxy) is 1. The van der Waals surface area contributed by atoms with Crippen molar-refractivity contribution in [3.63, 3.8) is 0 Å². The lowest BCUT2D eigenvalue weighted by atomic mass is 9.83. The molecule has 2 saturated carbocycles. The van der Waals surface area contributed by atoms with Crippen molar-refractivity contribution in [2.75, 3.05) is 17.7 Å². The van der Waals surface area contributed by atoms with Crippen LogP contribution >= 0.6 is 0 Å². The molecule has 3 rings (SSSR count). The minimum absolute atomic E-state index is 0.116. The maximum absolute atomic E-state index is 10.3. The predicted octanol–water partition coefficient (Wildman–Crippen LogP) is 2.82. The Labute approximate surface area is 155 Å². The molecule has 26 heavy (non-hydrogen) atoms. The van der Waals surface area contributed by atoms with Gasteiger partial charge in [-0.1, -0.05) is 0 Å². The van der Waals surface area contributed by atoms with Crippen LogP contribution in [0.1, 0.15) is 63.9 Å². The number of hydrogen-bond acceptors (Lipinski definition) is 7. The van der Waals surface area contributed by atoms with Gasteiger partial charge in [-0.2, -0.15) is 10.2 Å². The van der Waals surface area contributed by atoms with Crippen LogP contribution in [0.15, 0.2) is 6.20 Å². The number of hydrogen-bond donors (Lipinski definition) is 3. The Morgan fingerprint density at radius 2 is 2.00 bits per heavy atom. The molecule has 7 heteroatoms. The highest BCUT2D eigenvalue weighted by molar-refractivity contribution is 5.54. The van der Waals surface area contributed by atoms with Gasteiger partial charge in [-0.25, -0.2) is 4.98 Å². The molecule has 2 aliphatic carbocycles. The third kappa shape index (κ3) is 4.83. The molecule has 0 aliphatic heterocycles. The molecule has 2 aliphatic rings. The van der Waals surface area contributed by atoms with E-state index in [9.17, 15) is 10.4 Å². The molecule has 0 spiro atoms. The van der Waals surface area contributed by atoms with Gasteiger partial charge in [0.1, 0.15) is 17.5 Å². The number of rotatable bonds is 5. The van der Waals surface area contributed by atoms with Crippen molar-refractivity contribution < 1.29 is 9.84 Å². The predicted molar refractivity (Wildman–Crippen MR) is 99.9 cm³/mol. The van der Waals surface area contributed by atoms with Crippen molar-refractivity contribution >= 4 is 11.8 Å². The standard InChI is InChI=1S/C19H29N5O2/c1-19(25)9-3-4-15(10-19)22-17-13(11-20)12-21-18(24-17)23-14-5-7-16(26-2)8-6-14/h12,14-16,25H,3-10H2,1-2H3,(H2,21,22,23,24)/t14?,15-,16?,19-/m1/s1. The lowest BCUT2D eigenvalue weighted by Gasteiger charge is -2.34. The molecule has 1 aromatic rings. The fourth-order valence-corrected chi connectivity index (χ4v) is 4.05. The number of aromatic nitrogens is 2. The summed E-state index contributed by atoms with van der Waals surface area (Å²) >= 11 is 0. The van der Waals surface area contributed by atoms with E-state index >= 15 is 0 Å². The summed E-state index contributed by atoms with van der Waals surface area (Å²) in [6, 6.07) is 2.60. The number of methoxy groups -OCH3 is 1. The van der Waals surface area contributed by atoms with E-state index in [4.69, 9.17) is 4.74 Å². The second-order valence-electron chi connectivity index (χ2n) is 7.86. The molecular formula is C19H29N5O2. The highest BCUT2D eigenvalue weighted by Gasteiger charge is 2.30. The van der Waals surface area contributed by atoms with Crippen molar-refractivity contribution in [1.82, 2.24) is 9.97 Å². The van der Waals surface area contributed by atoms with E-state index in [0.29, 0.717) is 35.9 Å². The van der Waals surface area contributed by atoms with Crippen molar-refractivity contribution in [3.8, 4) is 6.07 Å². The molecule has 142 valence electrons. The van der Waals surface area contributed by atoms with E-state index in [2.05, 4.69) is 26.7 Å². The Kier molecular flexibility index (Phi) is 5.94. The van der Waals surface area contributed by atoms with E-state index in [1.807, 2.05) is 6.92 Å². The first kappa shape index (κ1) is 18.9. The zero-order chi connectivity index (χ0) is 18.6. The summed E-state index contributed by atoms with van der Waals surface area (Å²) in [5.41, 5.74) is -0.222. The van der Waals surface area contributed by atoms with Crippen molar-refractivity contribution in [1.29, 1.82) is 5.26 Å². The third-order valence-corrected chi connectivity index (χ3v) is 5.54. The Morgan fingerprint density at radius 3 is 2.65 bits per heavy atom. The van der Waals surface area contributed by atoms with Crippen LogP contribution in [-0.2, 0) is 4.74 Å². The summed E-state index contributed by atoms with van der Waals surface area (Å²) in [6.07, 6.45) is 9.44. The Bertz CT molecular complexity index is 650. The summed E-state index contributed by atoms with van der Waals surface area (Å²) < 4.78 is 5.41. The molecule has 0 bridgehead atoms. The van der Waals surface area contributed by atoms with Crippen molar-refractivity contribution in [2.45, 2.75) is 82.1 Å². The van der Waals surface area contributed by atoms with Crippen LogP contribution in [0, 0.1) is 11.3 Å². The maximum atomic E-state index is 10.3. The molecule has 0 aromatic carbocycles. The molecule has 2 fully saturated rings. The molecule has 1 aromatic heterocycles. The van der Waals surface area contributed by atoms with Crippen LogP contribution in [-0.4, -0.2) is 46.0 Å². The zero-order valence-electron chi connectivity index (χ0n) is 15.7. The van der Waals surface area contributed by atoms with Gasteiger partial charge in [0, 0.05) is 19.2 Å². The Morgan fingerprint density at radius 1 is 1.23 bits per heavy atom. The van der Waals surface area contributed by atoms with Crippen LogP contribution in [0.5, 0.6) is 0 Å². The van der Waals surface area contributed by atoms with Crippen LogP contribution in [0.3, 0.4) is 0 Å². The fourth-order valence-electron chi connectivity index (χ4n) is 4.05. The number of nitrogens with one attached hydrogen (secondary N) is 2. The van der Waals surface area contributed by atoms with Gasteiger partial charge >= 0.3 is 0 Å². The second-order valence-corrected chi connectivity index (χ2v) is 7.86. The minimum atomic E-state index is -0.656. The van der Waals surface area contributed by atoms with E-state index in [-0.39, 0.29) is 6.04 Å². The van der Waals surface area contributed by atoms with Gasteiger partial charge in [0.2, 0.25) is 5.95 Å². The highest BCUT2D eigenvalue weighted by atomic mass is 16.5. The topological polar surface area (TPSA) is 103 Å². The third-order valence-electron chi connectivity index (χ3n) is 5.54. The molecule has 2 atom stereocenters. The smallest absolute Gasteiger partial charge is 0.224 e. The van der Waals surface area contributed by atoms with Crippen molar-refractivity contribution in [2.24, 2.45) is 0 Å². The van der Waals surface area contributed by atoms with Crippen molar-refractivity contribution in [3.05, 3.63) is 11.8 Å². The first-order chi connectivity index (χ1) is 12.5. The lowest BCUT2D eigenvalue weighted by molar-refractivity contribution is 0.0182. The summed E-state index contributed by atoms with van der Waals surface area (Å²) in [4.78, 5) is 8.85. The quantitative estimate of drug-likeness (QED) is 0.743. The Hall–Kier alpha value is -1.91. The van der Waals surface area contributed by atoms with Gasteiger partial charge in [0.05, 0.1) is 17.9 Å². The summed E-state index contributed by atoms with van der Waals surface area (Å²) in [6.45, 7) is 1.87. The number of anilines is 2. The van der Waals surface area contributed by atoms with E-state index in [0.717, 1.165) is 44.9 Å². The molecule has 0 radical (unpaired) electrons. The number of nitrogens with zero attached hydrogens (tertiary/aromatic N) is 3. The first-order valence-corrected chi connectivity index (χ1v) is 9.54. The molecule has 1 heterocycles. The average molecular weight is 359 g/mol. The normalized spacial score (nSPS) is 31.8. The molecule has 0 amide bonds. The van der Waals surface area contributed by atoms with Crippen LogP contribution in [0.25, 0.3) is 0 Å². The van der Waals surface area contributed by atoms with Gasteiger partial charge in [-0.3, -0.25) is 0 Å². The minimum Gasteiger partial charge on any atom is -0.390 e. The molecule has 7 nitrogen and oxygen atoms in total. The van der Waals surface area contributed by atoms with Crippen LogP contribution in [0.2, 0.25) is 0 Å². The SMILES string of the molecule is COC1CCC(Nc2ncc(C#N)c(N[C@@H]3CCC[C@@](C)(O)C3)n2)CC1. The van der Waals surface area contributed by atoms with Gasteiger partial charge in [0.15, 0.2) is 0 Å².